The van der Waals surface area contributed by atoms with Crippen LogP contribution in [0.1, 0.15) is 5.69 Å². The zero-order chi connectivity index (χ0) is 11.4. The molecule has 0 saturated carbocycles. The van der Waals surface area contributed by atoms with Crippen LogP contribution >= 0.6 is 20.0 Å². The van der Waals surface area contributed by atoms with Crippen LogP contribution < -0.4 is 0 Å². The van der Waals surface area contributed by atoms with E-state index in [0.717, 1.165) is 10.9 Å². The number of rotatable bonds is 4. The van der Waals surface area contributed by atoms with E-state index in [0.29, 0.717) is 0 Å². The Labute approximate surface area is 108 Å². The molecule has 6 heteroatoms. The molecular weight excluding hydrogens is 350 g/mol. The topological polar surface area (TPSA) is 25.8 Å². The summed E-state index contributed by atoms with van der Waals surface area (Å²) < 4.78 is 0. The fourth-order valence-corrected chi connectivity index (χ4v) is 7.90. The Bertz CT molecular complexity index is 304. The first-order chi connectivity index (χ1) is 6.97. The minimum absolute atomic E-state index is 0.706. The first kappa shape index (κ1) is 14.0. The Morgan fingerprint density at radius 1 is 1.00 bits per heavy atom. The number of nitrogens with zero attached hydrogens (tertiary/aromatic N) is 2. The van der Waals surface area contributed by atoms with E-state index in [4.69, 9.17) is 0 Å². The molecule has 0 aliphatic carbocycles. The van der Waals surface area contributed by atoms with E-state index >= 15 is 0 Å². The summed E-state index contributed by atoms with van der Waals surface area (Å²) in [5, 5.41) is 2.16. The molecule has 1 aromatic rings. The molecule has 2 nitrogen and oxygen atoms in total. The van der Waals surface area contributed by atoms with Crippen LogP contribution in [0, 0.1) is 6.92 Å². The van der Waals surface area contributed by atoms with E-state index in [-0.39, 0.29) is 0 Å². The van der Waals surface area contributed by atoms with Crippen molar-refractivity contribution in [2.45, 2.75) is 40.0 Å². The monoisotopic (exact) mass is 366 g/mol. The Morgan fingerprint density at radius 3 is 2.13 bits per heavy atom. The van der Waals surface area contributed by atoms with Crippen molar-refractivity contribution >= 4 is 47.0 Å². The molecule has 0 unspecified atom stereocenters. The van der Waals surface area contributed by atoms with Crippen LogP contribution in [0.25, 0.3) is 0 Å². The molecule has 0 bridgehead atoms. The summed E-state index contributed by atoms with van der Waals surface area (Å²) in [5.74, 6) is 0. The molecule has 15 heavy (non-hydrogen) atoms. The average Bonchev–Trinajstić information content (AvgIpc) is 1.98. The van der Waals surface area contributed by atoms with Gasteiger partial charge in [-0.15, -0.1) is 0 Å². The average molecular weight is 366 g/mol. The predicted molar refractivity (Wildman–Crippen MR) is 73.4 cm³/mol. The quantitative estimate of drug-likeness (QED) is 0.463. The Kier molecular flexibility index (Phi) is 6.13. The summed E-state index contributed by atoms with van der Waals surface area (Å²) in [6.45, 7) is 2.06. The van der Waals surface area contributed by atoms with Crippen molar-refractivity contribution in [1.29, 1.82) is 0 Å². The van der Waals surface area contributed by atoms with Gasteiger partial charge in [-0.05, 0) is 0 Å². The number of aryl methyl sites for hydroxylation is 1. The molecule has 1 rings (SSSR count). The maximum absolute atomic E-state index is 4.60. The standard InChI is InChI=1S/C9H16As2N2S2/c1-7-6-8(14-10(2)3)13-9(12-7)15-11(4)5/h6H,1-5H3. The molecule has 0 amide bonds. The van der Waals surface area contributed by atoms with Crippen LogP contribution in [-0.2, 0) is 0 Å². The van der Waals surface area contributed by atoms with E-state index in [1.807, 2.05) is 20.0 Å². The Hall–Kier alpha value is 0.897. The summed E-state index contributed by atoms with van der Waals surface area (Å²) in [4.78, 5) is 9.07. The van der Waals surface area contributed by atoms with Crippen LogP contribution in [0.4, 0.5) is 0 Å². The van der Waals surface area contributed by atoms with Gasteiger partial charge >= 0.3 is 109 Å². The van der Waals surface area contributed by atoms with Crippen LogP contribution in [0.3, 0.4) is 0 Å². The van der Waals surface area contributed by atoms with Gasteiger partial charge in [0.15, 0.2) is 0 Å². The van der Waals surface area contributed by atoms with Crippen LogP contribution in [0.2, 0.25) is 22.8 Å². The van der Waals surface area contributed by atoms with Gasteiger partial charge in [0, 0.05) is 0 Å². The van der Waals surface area contributed by atoms with Crippen molar-refractivity contribution < 1.29 is 0 Å². The van der Waals surface area contributed by atoms with Crippen LogP contribution in [-0.4, -0.2) is 37.0 Å². The number of hydrogen-bond acceptors (Lipinski definition) is 4. The molecule has 1 heterocycles. The molecule has 0 spiro atoms. The summed E-state index contributed by atoms with van der Waals surface area (Å²) in [7, 11) is 3.83. The van der Waals surface area contributed by atoms with Crippen molar-refractivity contribution in [3.05, 3.63) is 11.8 Å². The Balaban J connectivity index is 2.84. The maximum atomic E-state index is 4.60. The predicted octanol–water partition coefficient (Wildman–Crippen LogP) is 3.47. The molecule has 0 aliphatic rings. The van der Waals surface area contributed by atoms with E-state index in [2.05, 4.69) is 45.8 Å². The summed E-state index contributed by atoms with van der Waals surface area (Å²) in [5.41, 5.74) is 10.4. The second kappa shape index (κ2) is 6.59. The van der Waals surface area contributed by atoms with Gasteiger partial charge in [0.05, 0.1) is 0 Å². The molecule has 1 aromatic heterocycles. The number of aromatic nitrogens is 2. The fraction of sp³-hybridized carbons (Fsp3) is 0.556. The van der Waals surface area contributed by atoms with Gasteiger partial charge < -0.3 is 0 Å². The molecule has 84 valence electrons. The number of hydrogen-bond donors (Lipinski definition) is 0. The van der Waals surface area contributed by atoms with Gasteiger partial charge in [0.1, 0.15) is 0 Å². The van der Waals surface area contributed by atoms with Crippen molar-refractivity contribution in [2.24, 2.45) is 0 Å². The zero-order valence-corrected chi connectivity index (χ0v) is 15.1. The third kappa shape index (κ3) is 5.67. The molecule has 0 aliphatic heterocycles. The van der Waals surface area contributed by atoms with Crippen LogP contribution in [0.15, 0.2) is 16.2 Å². The summed E-state index contributed by atoms with van der Waals surface area (Å²) in [6, 6.07) is 2.10. The van der Waals surface area contributed by atoms with Gasteiger partial charge in [-0.1, -0.05) is 0 Å². The van der Waals surface area contributed by atoms with E-state index in [9.17, 15) is 0 Å². The summed E-state index contributed by atoms with van der Waals surface area (Å²) >= 11 is -1.45. The first-order valence-corrected chi connectivity index (χ1v) is 18.2. The van der Waals surface area contributed by atoms with E-state index in [1.54, 1.807) is 0 Å². The minimum atomic E-state index is -0.741. The molecule has 0 atom stereocenters. The third-order valence-electron chi connectivity index (χ3n) is 1.35. The molecule has 0 radical (unpaired) electrons. The molecule has 0 saturated heterocycles. The second-order valence-corrected chi connectivity index (χ2v) is 21.3. The van der Waals surface area contributed by atoms with Crippen molar-refractivity contribution in [3.8, 4) is 0 Å². The summed E-state index contributed by atoms with van der Waals surface area (Å²) in [6.07, 6.45) is 0. The third-order valence-corrected chi connectivity index (χ3v) is 9.62. The van der Waals surface area contributed by atoms with Crippen LogP contribution in [0.5, 0.6) is 0 Å². The van der Waals surface area contributed by atoms with E-state index in [1.165, 1.54) is 5.03 Å². The molecule has 0 aromatic carbocycles. The first-order valence-electron chi connectivity index (χ1n) is 4.53. The van der Waals surface area contributed by atoms with Gasteiger partial charge in [-0.2, -0.15) is 0 Å². The van der Waals surface area contributed by atoms with Crippen molar-refractivity contribution in [2.75, 3.05) is 0 Å². The molecule has 0 fully saturated rings. The van der Waals surface area contributed by atoms with Gasteiger partial charge in [-0.25, -0.2) is 0 Å². The van der Waals surface area contributed by atoms with Crippen molar-refractivity contribution in [3.63, 3.8) is 0 Å². The second-order valence-electron chi connectivity index (χ2n) is 3.44. The molecule has 0 N–H and O–H groups in total. The normalized spacial score (nSPS) is 11.4. The SMILES string of the molecule is Cc1cc(S[As](C)C)nc(S[As](C)C)n1. The Morgan fingerprint density at radius 2 is 1.60 bits per heavy atom. The van der Waals surface area contributed by atoms with E-state index < -0.39 is 27.0 Å². The fourth-order valence-electron chi connectivity index (χ4n) is 0.951. The van der Waals surface area contributed by atoms with Gasteiger partial charge in [-0.3, -0.25) is 0 Å². The zero-order valence-electron chi connectivity index (χ0n) is 9.68. The van der Waals surface area contributed by atoms with Crippen molar-refractivity contribution in [1.82, 2.24) is 9.97 Å². The van der Waals surface area contributed by atoms with Gasteiger partial charge in [0.25, 0.3) is 0 Å². The van der Waals surface area contributed by atoms with Gasteiger partial charge in [0.2, 0.25) is 0 Å². The molecular formula is C9H16As2N2S2.